The van der Waals surface area contributed by atoms with Gasteiger partial charge in [-0.3, -0.25) is 9.59 Å². The van der Waals surface area contributed by atoms with Crippen molar-refractivity contribution in [3.63, 3.8) is 0 Å². The van der Waals surface area contributed by atoms with E-state index in [-0.39, 0.29) is 17.4 Å². The average Bonchev–Trinajstić information content (AvgIpc) is 2.82. The Kier molecular flexibility index (Phi) is 4.61. The number of ether oxygens (including phenoxy) is 2. The van der Waals surface area contributed by atoms with Gasteiger partial charge in [0.25, 0.3) is 0 Å². The van der Waals surface area contributed by atoms with Crippen molar-refractivity contribution in [2.24, 2.45) is 5.41 Å². The molecule has 1 spiro atoms. The number of esters is 2. The van der Waals surface area contributed by atoms with Gasteiger partial charge in [0.05, 0.1) is 18.6 Å². The Hall–Kier alpha value is -1.06. The highest BCUT2D eigenvalue weighted by Gasteiger charge is 2.42. The number of hydrogen-bond acceptors (Lipinski definition) is 4. The maximum atomic E-state index is 12.2. The highest BCUT2D eigenvalue weighted by atomic mass is 16.5. The second-order valence-electron chi connectivity index (χ2n) is 5.40. The number of hydrogen-bond donors (Lipinski definition) is 0. The molecule has 0 N–H and O–H groups in total. The summed E-state index contributed by atoms with van der Waals surface area (Å²) in [6, 6.07) is 0. The zero-order chi connectivity index (χ0) is 12.8. The molecule has 4 nitrogen and oxygen atoms in total. The van der Waals surface area contributed by atoms with E-state index in [4.69, 9.17) is 9.47 Å². The van der Waals surface area contributed by atoms with Crippen molar-refractivity contribution in [1.82, 2.24) is 0 Å². The highest BCUT2D eigenvalue weighted by molar-refractivity contribution is 5.77. The van der Waals surface area contributed by atoms with Crippen LogP contribution in [0.5, 0.6) is 0 Å². The van der Waals surface area contributed by atoms with E-state index in [0.717, 1.165) is 51.4 Å². The zero-order valence-corrected chi connectivity index (χ0v) is 10.9. The van der Waals surface area contributed by atoms with Gasteiger partial charge in [0.15, 0.2) is 0 Å². The van der Waals surface area contributed by atoms with Gasteiger partial charge < -0.3 is 9.47 Å². The van der Waals surface area contributed by atoms with Crippen LogP contribution in [-0.2, 0) is 19.1 Å². The molecule has 0 aromatic rings. The number of cyclic esters (lactones) is 2. The maximum absolute atomic E-state index is 12.2. The van der Waals surface area contributed by atoms with E-state index in [1.807, 2.05) is 0 Å². The number of rotatable bonds is 0. The Morgan fingerprint density at radius 2 is 1.39 bits per heavy atom. The molecular weight excluding hydrogens is 232 g/mol. The monoisotopic (exact) mass is 254 g/mol. The van der Waals surface area contributed by atoms with Crippen LogP contribution >= 0.6 is 0 Å². The molecule has 1 aliphatic heterocycles. The van der Waals surface area contributed by atoms with Crippen LogP contribution in [0.2, 0.25) is 0 Å². The molecule has 1 heterocycles. The molecule has 2 rings (SSSR count). The summed E-state index contributed by atoms with van der Waals surface area (Å²) in [6.07, 6.45) is 7.49. The second kappa shape index (κ2) is 6.21. The molecule has 102 valence electrons. The van der Waals surface area contributed by atoms with Crippen molar-refractivity contribution in [3.8, 4) is 0 Å². The summed E-state index contributed by atoms with van der Waals surface area (Å²) in [5.41, 5.74) is -0.306. The van der Waals surface area contributed by atoms with Gasteiger partial charge in [-0.15, -0.1) is 0 Å². The van der Waals surface area contributed by atoms with Crippen LogP contribution in [0.3, 0.4) is 0 Å². The van der Waals surface area contributed by atoms with Crippen LogP contribution in [0.1, 0.15) is 57.8 Å². The standard InChI is InChI=1S/C14H22O4/c15-12-6-5-9-14(7-1-2-8-14)13(16)18-11-4-3-10-17-12/h1-11H2. The largest absolute Gasteiger partial charge is 0.466 e. The predicted molar refractivity (Wildman–Crippen MR) is 65.9 cm³/mol. The van der Waals surface area contributed by atoms with Crippen molar-refractivity contribution in [3.05, 3.63) is 0 Å². The van der Waals surface area contributed by atoms with Crippen LogP contribution in [0.4, 0.5) is 0 Å². The van der Waals surface area contributed by atoms with Crippen LogP contribution in [0, 0.1) is 5.41 Å². The van der Waals surface area contributed by atoms with Crippen LogP contribution < -0.4 is 0 Å². The lowest BCUT2D eigenvalue weighted by Crippen LogP contribution is -2.31. The Morgan fingerprint density at radius 3 is 2.11 bits per heavy atom. The van der Waals surface area contributed by atoms with Crippen molar-refractivity contribution >= 4 is 11.9 Å². The van der Waals surface area contributed by atoms with E-state index in [1.165, 1.54) is 0 Å². The fraction of sp³-hybridized carbons (Fsp3) is 0.857. The van der Waals surface area contributed by atoms with Gasteiger partial charge in [0, 0.05) is 6.42 Å². The molecule has 0 bridgehead atoms. The summed E-state index contributed by atoms with van der Waals surface area (Å²) in [6.45, 7) is 0.902. The van der Waals surface area contributed by atoms with Gasteiger partial charge in [-0.25, -0.2) is 0 Å². The molecule has 0 unspecified atom stereocenters. The highest BCUT2D eigenvalue weighted by Crippen LogP contribution is 2.43. The minimum Gasteiger partial charge on any atom is -0.466 e. The molecule has 1 saturated heterocycles. The third-order valence-electron chi connectivity index (χ3n) is 4.06. The molecule has 0 aromatic heterocycles. The summed E-state index contributed by atoms with van der Waals surface area (Å²) in [7, 11) is 0. The van der Waals surface area contributed by atoms with Gasteiger partial charge in [-0.1, -0.05) is 12.8 Å². The Morgan fingerprint density at radius 1 is 0.778 bits per heavy atom. The van der Waals surface area contributed by atoms with Gasteiger partial charge in [0.2, 0.25) is 0 Å². The van der Waals surface area contributed by atoms with Gasteiger partial charge in [-0.05, 0) is 38.5 Å². The normalized spacial score (nSPS) is 26.0. The summed E-state index contributed by atoms with van der Waals surface area (Å²) in [5, 5.41) is 0. The molecular formula is C14H22O4. The molecule has 2 fully saturated rings. The van der Waals surface area contributed by atoms with Gasteiger partial charge in [0.1, 0.15) is 0 Å². The first-order valence-electron chi connectivity index (χ1n) is 7.06. The molecule has 0 amide bonds. The molecule has 0 aromatic carbocycles. The first-order chi connectivity index (χ1) is 8.73. The van der Waals surface area contributed by atoms with E-state index in [0.29, 0.717) is 19.6 Å². The molecule has 4 heteroatoms. The van der Waals surface area contributed by atoms with Crippen LogP contribution in [0.15, 0.2) is 0 Å². The Labute approximate surface area is 108 Å². The van der Waals surface area contributed by atoms with Crippen molar-refractivity contribution < 1.29 is 19.1 Å². The SMILES string of the molecule is O=C1CCCC2(CCCC2)C(=O)OCCCCO1. The minimum absolute atomic E-state index is 0.0334. The van der Waals surface area contributed by atoms with Gasteiger partial charge >= 0.3 is 11.9 Å². The van der Waals surface area contributed by atoms with E-state index < -0.39 is 0 Å². The third-order valence-corrected chi connectivity index (χ3v) is 4.06. The van der Waals surface area contributed by atoms with E-state index in [2.05, 4.69) is 0 Å². The zero-order valence-electron chi connectivity index (χ0n) is 10.9. The van der Waals surface area contributed by atoms with E-state index >= 15 is 0 Å². The maximum Gasteiger partial charge on any atom is 0.312 e. The lowest BCUT2D eigenvalue weighted by atomic mass is 9.81. The smallest absolute Gasteiger partial charge is 0.312 e. The number of carbonyl (C=O) groups excluding carboxylic acids is 2. The minimum atomic E-state index is -0.306. The van der Waals surface area contributed by atoms with Crippen LogP contribution in [0.25, 0.3) is 0 Å². The predicted octanol–water partition coefficient (Wildman–Crippen LogP) is 2.60. The van der Waals surface area contributed by atoms with Crippen molar-refractivity contribution in [2.75, 3.05) is 13.2 Å². The molecule has 2 aliphatic rings. The molecule has 0 atom stereocenters. The molecule has 1 aliphatic carbocycles. The molecule has 1 saturated carbocycles. The first-order valence-corrected chi connectivity index (χ1v) is 7.06. The third kappa shape index (κ3) is 3.24. The van der Waals surface area contributed by atoms with E-state index in [9.17, 15) is 9.59 Å². The summed E-state index contributed by atoms with van der Waals surface area (Å²) in [4.78, 5) is 23.6. The Bertz CT molecular complexity index is 305. The summed E-state index contributed by atoms with van der Waals surface area (Å²) >= 11 is 0. The second-order valence-corrected chi connectivity index (χ2v) is 5.40. The average molecular weight is 254 g/mol. The fourth-order valence-corrected chi connectivity index (χ4v) is 2.96. The lowest BCUT2D eigenvalue weighted by Gasteiger charge is -2.26. The van der Waals surface area contributed by atoms with Crippen LogP contribution in [-0.4, -0.2) is 25.2 Å². The summed E-state index contributed by atoms with van der Waals surface area (Å²) < 4.78 is 10.5. The molecule has 0 radical (unpaired) electrons. The van der Waals surface area contributed by atoms with E-state index in [1.54, 1.807) is 0 Å². The fourth-order valence-electron chi connectivity index (χ4n) is 2.96. The van der Waals surface area contributed by atoms with Crippen molar-refractivity contribution in [2.45, 2.75) is 57.8 Å². The molecule has 18 heavy (non-hydrogen) atoms. The number of carbonyl (C=O) groups is 2. The first kappa shape index (κ1) is 13.4. The lowest BCUT2D eigenvalue weighted by molar-refractivity contribution is -0.158. The van der Waals surface area contributed by atoms with Gasteiger partial charge in [-0.2, -0.15) is 0 Å². The summed E-state index contributed by atoms with van der Waals surface area (Å²) in [5.74, 6) is -0.161. The van der Waals surface area contributed by atoms with Crippen molar-refractivity contribution in [1.29, 1.82) is 0 Å². The quantitative estimate of drug-likeness (QED) is 0.623. The topological polar surface area (TPSA) is 52.6 Å². The Balaban J connectivity index is 1.98.